The number of urea groups is 1. The van der Waals surface area contributed by atoms with Gasteiger partial charge in [-0.3, -0.25) is 25.0 Å². The molecule has 148 valence electrons. The zero-order valence-corrected chi connectivity index (χ0v) is 16.2. The van der Waals surface area contributed by atoms with Gasteiger partial charge < -0.3 is 10.1 Å². The molecule has 1 fully saturated rings. The van der Waals surface area contributed by atoms with Gasteiger partial charge in [-0.2, -0.15) is 0 Å². The predicted octanol–water partition coefficient (Wildman–Crippen LogP) is 2.36. The van der Waals surface area contributed by atoms with Gasteiger partial charge in [-0.15, -0.1) is 0 Å². The van der Waals surface area contributed by atoms with Crippen molar-refractivity contribution < 1.29 is 28.3 Å². The van der Waals surface area contributed by atoms with Gasteiger partial charge in [0.1, 0.15) is 17.1 Å². The Hall–Kier alpha value is -3.53. The molecule has 29 heavy (non-hydrogen) atoms. The van der Waals surface area contributed by atoms with Crippen LogP contribution in [-0.2, 0) is 14.4 Å². The standard InChI is InChI=1S/C19H13BrFN3O5/c20-11-5-6-15(29-9-16(25)22-14-4-2-1-3-13(14)21)10(7-11)8-12-17(26)23-19(28)24-18(12)27/h1-8H,9H2,(H,22,25)(H2,23,24,26,27,28). The SMILES string of the molecule is O=C(COc1ccc(Br)cc1C=C1C(=O)NC(=O)NC1=O)Nc1ccccc1F. The molecule has 1 heterocycles. The number of carbonyl (C=O) groups excluding carboxylic acids is 4. The molecule has 5 amide bonds. The number of carbonyl (C=O) groups is 4. The Labute approximate surface area is 172 Å². The van der Waals surface area contributed by atoms with Crippen LogP contribution in [0.25, 0.3) is 6.08 Å². The monoisotopic (exact) mass is 461 g/mol. The maximum absolute atomic E-state index is 13.6. The fraction of sp³-hybridized carbons (Fsp3) is 0.0526. The summed E-state index contributed by atoms with van der Waals surface area (Å²) in [5.41, 5.74) is 0.0236. The van der Waals surface area contributed by atoms with Crippen LogP contribution in [0, 0.1) is 5.82 Å². The van der Waals surface area contributed by atoms with Gasteiger partial charge in [-0.1, -0.05) is 28.1 Å². The zero-order chi connectivity index (χ0) is 21.0. The van der Waals surface area contributed by atoms with Crippen LogP contribution in [-0.4, -0.2) is 30.4 Å². The summed E-state index contributed by atoms with van der Waals surface area (Å²) in [7, 11) is 0. The Morgan fingerprint density at radius 1 is 1.10 bits per heavy atom. The van der Waals surface area contributed by atoms with Gasteiger partial charge in [-0.25, -0.2) is 9.18 Å². The molecule has 1 aliphatic heterocycles. The number of anilines is 1. The van der Waals surface area contributed by atoms with E-state index in [-0.39, 0.29) is 17.0 Å². The van der Waals surface area contributed by atoms with E-state index in [2.05, 4.69) is 21.2 Å². The van der Waals surface area contributed by atoms with Crippen molar-refractivity contribution in [2.24, 2.45) is 0 Å². The number of benzene rings is 2. The van der Waals surface area contributed by atoms with E-state index in [1.807, 2.05) is 10.6 Å². The van der Waals surface area contributed by atoms with E-state index in [4.69, 9.17) is 4.74 Å². The van der Waals surface area contributed by atoms with E-state index in [1.54, 1.807) is 18.2 Å². The van der Waals surface area contributed by atoms with Crippen molar-refractivity contribution in [3.63, 3.8) is 0 Å². The number of barbiturate groups is 1. The van der Waals surface area contributed by atoms with Crippen LogP contribution in [0.5, 0.6) is 5.75 Å². The fourth-order valence-electron chi connectivity index (χ4n) is 2.42. The van der Waals surface area contributed by atoms with Crippen LogP contribution in [0.15, 0.2) is 52.5 Å². The van der Waals surface area contributed by atoms with Gasteiger partial charge in [0.15, 0.2) is 6.61 Å². The first kappa shape index (κ1) is 20.2. The Morgan fingerprint density at radius 3 is 2.48 bits per heavy atom. The minimum absolute atomic E-state index is 0.0134. The summed E-state index contributed by atoms with van der Waals surface area (Å²) in [6.45, 7) is -0.441. The molecular formula is C19H13BrFN3O5. The first-order valence-electron chi connectivity index (χ1n) is 8.18. The number of hydrogen-bond donors (Lipinski definition) is 3. The molecule has 3 rings (SSSR count). The van der Waals surface area contributed by atoms with E-state index in [0.29, 0.717) is 10.0 Å². The van der Waals surface area contributed by atoms with Crippen LogP contribution in [0.4, 0.5) is 14.9 Å². The van der Waals surface area contributed by atoms with Gasteiger partial charge in [0, 0.05) is 10.0 Å². The molecule has 2 aromatic rings. The van der Waals surface area contributed by atoms with E-state index < -0.39 is 36.2 Å². The summed E-state index contributed by atoms with van der Waals surface area (Å²) in [5.74, 6) is -2.71. The highest BCUT2D eigenvalue weighted by molar-refractivity contribution is 9.10. The lowest BCUT2D eigenvalue weighted by atomic mass is 10.1. The first-order valence-corrected chi connectivity index (χ1v) is 8.98. The third-order valence-corrected chi connectivity index (χ3v) is 4.22. The predicted molar refractivity (Wildman–Crippen MR) is 104 cm³/mol. The van der Waals surface area contributed by atoms with Crippen molar-refractivity contribution in [2.45, 2.75) is 0 Å². The van der Waals surface area contributed by atoms with E-state index >= 15 is 0 Å². The highest BCUT2D eigenvalue weighted by Crippen LogP contribution is 2.26. The second kappa shape index (κ2) is 8.65. The Balaban J connectivity index is 1.77. The molecule has 3 N–H and O–H groups in total. The third kappa shape index (κ3) is 5.05. The van der Waals surface area contributed by atoms with Crippen LogP contribution < -0.4 is 20.7 Å². The molecule has 1 aliphatic rings. The average molecular weight is 462 g/mol. The Morgan fingerprint density at radius 2 is 1.79 bits per heavy atom. The number of para-hydroxylation sites is 1. The quantitative estimate of drug-likeness (QED) is 0.467. The second-order valence-electron chi connectivity index (χ2n) is 5.79. The minimum atomic E-state index is -0.910. The van der Waals surface area contributed by atoms with Crippen molar-refractivity contribution in [1.82, 2.24) is 10.6 Å². The molecule has 0 unspecified atom stereocenters. The van der Waals surface area contributed by atoms with Crippen molar-refractivity contribution in [3.8, 4) is 5.75 Å². The summed E-state index contributed by atoms with van der Waals surface area (Å²) in [6.07, 6.45) is 1.23. The highest BCUT2D eigenvalue weighted by atomic mass is 79.9. The van der Waals surface area contributed by atoms with Crippen molar-refractivity contribution in [3.05, 3.63) is 63.9 Å². The lowest BCUT2D eigenvalue weighted by molar-refractivity contribution is -0.124. The number of ether oxygens (including phenoxy) is 1. The fourth-order valence-corrected chi connectivity index (χ4v) is 2.80. The Kier molecular flexibility index (Phi) is 6.03. The van der Waals surface area contributed by atoms with Gasteiger partial charge in [-0.05, 0) is 36.4 Å². The molecule has 2 aromatic carbocycles. The van der Waals surface area contributed by atoms with Crippen molar-refractivity contribution in [1.29, 1.82) is 0 Å². The normalized spacial score (nSPS) is 13.4. The van der Waals surface area contributed by atoms with Gasteiger partial charge >= 0.3 is 6.03 Å². The van der Waals surface area contributed by atoms with E-state index in [0.717, 1.165) is 0 Å². The molecule has 0 saturated carbocycles. The van der Waals surface area contributed by atoms with Gasteiger partial charge in [0.05, 0.1) is 5.69 Å². The average Bonchev–Trinajstić information content (AvgIpc) is 2.66. The summed E-state index contributed by atoms with van der Waals surface area (Å²) in [6, 6.07) is 9.50. The van der Waals surface area contributed by atoms with Gasteiger partial charge in [0.25, 0.3) is 17.7 Å². The molecule has 0 spiro atoms. The number of nitrogens with one attached hydrogen (secondary N) is 3. The van der Waals surface area contributed by atoms with Crippen molar-refractivity contribution >= 4 is 51.4 Å². The second-order valence-corrected chi connectivity index (χ2v) is 6.71. The number of imide groups is 2. The van der Waals surface area contributed by atoms with Crippen LogP contribution >= 0.6 is 15.9 Å². The lowest BCUT2D eigenvalue weighted by Gasteiger charge is -2.15. The topological polar surface area (TPSA) is 114 Å². The van der Waals surface area contributed by atoms with Gasteiger partial charge in [0.2, 0.25) is 0 Å². The van der Waals surface area contributed by atoms with Crippen LogP contribution in [0.1, 0.15) is 5.56 Å². The van der Waals surface area contributed by atoms with E-state index in [1.165, 1.54) is 30.3 Å². The zero-order valence-electron chi connectivity index (χ0n) is 14.6. The molecule has 0 bridgehead atoms. The smallest absolute Gasteiger partial charge is 0.328 e. The minimum Gasteiger partial charge on any atom is -0.483 e. The molecule has 10 heteroatoms. The van der Waals surface area contributed by atoms with Crippen LogP contribution in [0.3, 0.4) is 0 Å². The highest BCUT2D eigenvalue weighted by Gasteiger charge is 2.28. The number of halogens is 2. The summed E-state index contributed by atoms with van der Waals surface area (Å²) < 4.78 is 19.7. The maximum atomic E-state index is 13.6. The molecule has 0 aromatic heterocycles. The first-order chi connectivity index (χ1) is 13.8. The number of amides is 5. The Bertz CT molecular complexity index is 1030. The molecule has 1 saturated heterocycles. The third-order valence-electron chi connectivity index (χ3n) is 3.72. The maximum Gasteiger partial charge on any atom is 0.328 e. The lowest BCUT2D eigenvalue weighted by Crippen LogP contribution is -2.51. The summed E-state index contributed by atoms with van der Waals surface area (Å²) in [5, 5.41) is 6.32. The summed E-state index contributed by atoms with van der Waals surface area (Å²) in [4.78, 5) is 47.0. The molecule has 0 aliphatic carbocycles. The van der Waals surface area contributed by atoms with Crippen molar-refractivity contribution in [2.75, 3.05) is 11.9 Å². The molecular weight excluding hydrogens is 449 g/mol. The number of hydrogen-bond acceptors (Lipinski definition) is 5. The van der Waals surface area contributed by atoms with E-state index in [9.17, 15) is 23.6 Å². The molecule has 0 radical (unpaired) electrons. The molecule has 8 nitrogen and oxygen atoms in total. The largest absolute Gasteiger partial charge is 0.483 e. The number of rotatable bonds is 5. The molecule has 0 atom stereocenters. The van der Waals surface area contributed by atoms with Crippen LogP contribution in [0.2, 0.25) is 0 Å². The summed E-state index contributed by atoms with van der Waals surface area (Å²) >= 11 is 3.27.